The van der Waals surface area contributed by atoms with Gasteiger partial charge in [0.1, 0.15) is 0 Å². The maximum Gasteiger partial charge on any atom is 0.204 e. The second-order valence-corrected chi connectivity index (χ2v) is 2.75. The molecule has 0 aliphatic rings. The van der Waals surface area contributed by atoms with Gasteiger partial charge >= 0.3 is 0 Å². The second-order valence-electron chi connectivity index (χ2n) is 2.75. The van der Waals surface area contributed by atoms with Gasteiger partial charge in [0.25, 0.3) is 0 Å². The van der Waals surface area contributed by atoms with Crippen molar-refractivity contribution in [3.63, 3.8) is 0 Å². The average molecular weight is 168 g/mol. The summed E-state index contributed by atoms with van der Waals surface area (Å²) in [6.45, 7) is 6.82. The first-order valence-corrected chi connectivity index (χ1v) is 4.01. The van der Waals surface area contributed by atoms with Gasteiger partial charge < -0.3 is 4.98 Å². The topological polar surface area (TPSA) is 20.1 Å². The van der Waals surface area contributed by atoms with Crippen LogP contribution in [0.25, 0.3) is 16.1 Å². The fourth-order valence-corrected chi connectivity index (χ4v) is 1.23. The summed E-state index contributed by atoms with van der Waals surface area (Å²) in [4.78, 5) is 6.39. The first-order chi connectivity index (χ1) is 6.40. The molecule has 1 heterocycles. The van der Waals surface area contributed by atoms with Crippen LogP contribution in [0.1, 0.15) is 0 Å². The zero-order valence-electron chi connectivity index (χ0n) is 6.99. The van der Waals surface area contributed by atoms with Crippen LogP contribution in [0, 0.1) is 6.57 Å². The molecule has 0 radical (unpaired) electrons. The molecule has 0 spiro atoms. The zero-order valence-corrected chi connectivity index (χ0v) is 6.99. The lowest BCUT2D eigenvalue weighted by Gasteiger charge is -1.94. The van der Waals surface area contributed by atoms with Crippen LogP contribution in [0.3, 0.4) is 0 Å². The lowest BCUT2D eigenvalue weighted by atomic mass is 10.2. The Morgan fingerprint density at radius 2 is 1.92 bits per heavy atom. The number of H-pyrrole nitrogens is 1. The van der Waals surface area contributed by atoms with E-state index in [0.29, 0.717) is 5.69 Å². The fraction of sp³-hybridized carbons (Fsp3) is 0. The van der Waals surface area contributed by atoms with E-state index in [-0.39, 0.29) is 0 Å². The molecular weight excluding hydrogens is 160 g/mol. The third-order valence-corrected chi connectivity index (χ3v) is 1.88. The Hall–Kier alpha value is -2.01. The van der Waals surface area contributed by atoms with E-state index in [0.717, 1.165) is 11.3 Å². The minimum atomic E-state index is 0.652. The van der Waals surface area contributed by atoms with Crippen molar-refractivity contribution >= 4 is 5.69 Å². The quantitative estimate of drug-likeness (QED) is 0.631. The molecule has 0 aliphatic heterocycles. The summed E-state index contributed by atoms with van der Waals surface area (Å²) in [5.41, 5.74) is 2.75. The molecule has 2 heteroatoms. The summed E-state index contributed by atoms with van der Waals surface area (Å²) in [5, 5.41) is 0. The number of aromatic nitrogens is 1. The van der Waals surface area contributed by atoms with Crippen molar-refractivity contribution in [2.75, 3.05) is 0 Å². The van der Waals surface area contributed by atoms with E-state index in [2.05, 4.69) is 9.83 Å². The van der Waals surface area contributed by atoms with E-state index in [1.54, 1.807) is 6.20 Å². The lowest BCUT2D eigenvalue weighted by molar-refractivity contribution is 1.40. The van der Waals surface area contributed by atoms with Crippen molar-refractivity contribution in [1.29, 1.82) is 0 Å². The van der Waals surface area contributed by atoms with Gasteiger partial charge in [-0.05, 0) is 11.6 Å². The van der Waals surface area contributed by atoms with Crippen LogP contribution in [-0.2, 0) is 0 Å². The first-order valence-electron chi connectivity index (χ1n) is 4.01. The van der Waals surface area contributed by atoms with Gasteiger partial charge in [0.05, 0.1) is 6.57 Å². The number of rotatable bonds is 1. The number of aromatic amines is 1. The molecule has 62 valence electrons. The molecular formula is C11H8N2. The summed E-state index contributed by atoms with van der Waals surface area (Å²) in [5.74, 6) is 0. The Bertz CT molecular complexity index is 435. The highest BCUT2D eigenvalue weighted by Gasteiger charge is 1.99. The van der Waals surface area contributed by atoms with E-state index in [1.807, 2.05) is 36.4 Å². The van der Waals surface area contributed by atoms with Gasteiger partial charge in [0.2, 0.25) is 5.69 Å². The molecule has 2 rings (SSSR count). The Balaban J connectivity index is 2.43. The molecule has 1 N–H and O–H groups in total. The molecule has 0 bridgehead atoms. The summed E-state index contributed by atoms with van der Waals surface area (Å²) in [6, 6.07) is 11.8. The summed E-state index contributed by atoms with van der Waals surface area (Å²) >= 11 is 0. The van der Waals surface area contributed by atoms with E-state index in [1.165, 1.54) is 0 Å². The van der Waals surface area contributed by atoms with Crippen molar-refractivity contribution < 1.29 is 0 Å². The van der Waals surface area contributed by atoms with Crippen LogP contribution < -0.4 is 0 Å². The van der Waals surface area contributed by atoms with E-state index >= 15 is 0 Å². The maximum absolute atomic E-state index is 6.82. The van der Waals surface area contributed by atoms with Gasteiger partial charge in [-0.3, -0.25) is 0 Å². The molecule has 1 aromatic carbocycles. The molecule has 2 aromatic rings. The Kier molecular flexibility index (Phi) is 1.85. The molecule has 0 fully saturated rings. The van der Waals surface area contributed by atoms with Crippen LogP contribution in [0.2, 0.25) is 0 Å². The van der Waals surface area contributed by atoms with E-state index < -0.39 is 0 Å². The minimum Gasteiger partial charge on any atom is -0.372 e. The smallest absolute Gasteiger partial charge is 0.204 e. The Morgan fingerprint density at radius 1 is 1.15 bits per heavy atom. The predicted octanol–water partition coefficient (Wildman–Crippen LogP) is 3.23. The van der Waals surface area contributed by atoms with Gasteiger partial charge in [0.15, 0.2) is 0 Å². The largest absolute Gasteiger partial charge is 0.372 e. The lowest BCUT2D eigenvalue weighted by Crippen LogP contribution is -1.73. The van der Waals surface area contributed by atoms with Crippen LogP contribution in [0.4, 0.5) is 5.69 Å². The fourth-order valence-electron chi connectivity index (χ4n) is 1.23. The monoisotopic (exact) mass is 168 g/mol. The predicted molar refractivity (Wildman–Crippen MR) is 52.5 cm³/mol. The van der Waals surface area contributed by atoms with Gasteiger partial charge in [-0.1, -0.05) is 30.3 Å². The van der Waals surface area contributed by atoms with Gasteiger partial charge in [-0.2, -0.15) is 0 Å². The third kappa shape index (κ3) is 1.45. The number of hydrogen-bond acceptors (Lipinski definition) is 0. The Labute approximate surface area is 76.7 Å². The summed E-state index contributed by atoms with van der Waals surface area (Å²) in [7, 11) is 0. The first kappa shape index (κ1) is 7.63. The van der Waals surface area contributed by atoms with Crippen molar-refractivity contribution in [3.05, 3.63) is 54.0 Å². The number of nitrogens with zero attached hydrogens (tertiary/aromatic N) is 1. The second kappa shape index (κ2) is 3.16. The average Bonchev–Trinajstić information content (AvgIpc) is 2.67. The van der Waals surface area contributed by atoms with Crippen LogP contribution in [0.15, 0.2) is 42.6 Å². The van der Waals surface area contributed by atoms with Crippen molar-refractivity contribution in [1.82, 2.24) is 4.98 Å². The van der Waals surface area contributed by atoms with Gasteiger partial charge in [0, 0.05) is 11.9 Å². The van der Waals surface area contributed by atoms with Crippen molar-refractivity contribution in [2.45, 2.75) is 0 Å². The highest BCUT2D eigenvalue weighted by molar-refractivity contribution is 5.65. The van der Waals surface area contributed by atoms with Crippen LogP contribution >= 0.6 is 0 Å². The molecule has 0 atom stereocenters. The molecule has 2 nitrogen and oxygen atoms in total. The summed E-state index contributed by atoms with van der Waals surface area (Å²) in [6.07, 6.45) is 1.72. The van der Waals surface area contributed by atoms with Crippen molar-refractivity contribution in [3.8, 4) is 11.3 Å². The zero-order chi connectivity index (χ0) is 9.10. The third-order valence-electron chi connectivity index (χ3n) is 1.88. The van der Waals surface area contributed by atoms with Crippen molar-refractivity contribution in [2.24, 2.45) is 0 Å². The van der Waals surface area contributed by atoms with E-state index in [4.69, 9.17) is 6.57 Å². The van der Waals surface area contributed by atoms with Gasteiger partial charge in [-0.15, -0.1) is 0 Å². The molecule has 0 aliphatic carbocycles. The molecule has 13 heavy (non-hydrogen) atoms. The van der Waals surface area contributed by atoms with Crippen LogP contribution in [0.5, 0.6) is 0 Å². The molecule has 0 saturated heterocycles. The SMILES string of the molecule is [C-]#[N+]c1c[nH]c(-c2ccccc2)c1. The maximum atomic E-state index is 6.82. The molecule has 0 saturated carbocycles. The molecule has 1 aromatic heterocycles. The highest BCUT2D eigenvalue weighted by Crippen LogP contribution is 2.22. The normalized spacial score (nSPS) is 9.46. The standard InChI is InChI=1S/C11H8N2/c1-12-10-7-11(13-8-10)9-5-3-2-4-6-9/h2-8,13H. The number of benzene rings is 1. The molecule has 0 unspecified atom stereocenters. The van der Waals surface area contributed by atoms with Crippen LogP contribution in [-0.4, -0.2) is 4.98 Å². The number of nitrogens with one attached hydrogen (secondary N) is 1. The van der Waals surface area contributed by atoms with E-state index in [9.17, 15) is 0 Å². The Morgan fingerprint density at radius 3 is 2.54 bits per heavy atom. The highest BCUT2D eigenvalue weighted by atomic mass is 14.8. The number of hydrogen-bond donors (Lipinski definition) is 1. The minimum absolute atomic E-state index is 0.652. The molecule has 0 amide bonds. The summed E-state index contributed by atoms with van der Waals surface area (Å²) < 4.78 is 0. The van der Waals surface area contributed by atoms with Gasteiger partial charge in [-0.25, -0.2) is 4.85 Å².